The molecule has 36 heavy (non-hydrogen) atoms. The van der Waals surface area contributed by atoms with Gasteiger partial charge in [0.05, 0.1) is 5.52 Å². The standard InChI is InChI=1S/C25H26F3N5S2.ClH/c26-25(27,28)22-4-3-20-23(31-22)21(18-6-15-34-17-18)16-30-24(20)29-7-9-33-12-10-32(11-13-33)8-5-19-2-1-14-35-19;/h1-4,6,14-17H,5,7-13H2,(H,29,30);1H. The first-order valence-corrected chi connectivity index (χ1v) is 13.4. The molecule has 4 aromatic heterocycles. The zero-order valence-electron chi connectivity index (χ0n) is 19.5. The molecule has 1 fully saturated rings. The predicted octanol–water partition coefficient (Wildman–Crippen LogP) is 6.13. The number of alkyl halides is 3. The molecule has 0 spiro atoms. The summed E-state index contributed by atoms with van der Waals surface area (Å²) in [6.45, 7) is 6.71. The Labute approximate surface area is 222 Å². The van der Waals surface area contributed by atoms with Crippen LogP contribution in [0.25, 0.3) is 22.0 Å². The number of thiophene rings is 2. The molecule has 5 heterocycles. The summed E-state index contributed by atoms with van der Waals surface area (Å²) in [6.07, 6.45) is -1.78. The van der Waals surface area contributed by atoms with Crippen molar-refractivity contribution in [2.75, 3.05) is 51.1 Å². The van der Waals surface area contributed by atoms with E-state index in [1.165, 1.54) is 22.3 Å². The average Bonchev–Trinajstić information content (AvgIpc) is 3.57. The summed E-state index contributed by atoms with van der Waals surface area (Å²) in [4.78, 5) is 14.9. The lowest BCUT2D eigenvalue weighted by Crippen LogP contribution is -2.48. The Balaban J connectivity index is 0.00000304. The largest absolute Gasteiger partial charge is 0.433 e. The van der Waals surface area contributed by atoms with E-state index in [1.807, 2.05) is 28.2 Å². The summed E-state index contributed by atoms with van der Waals surface area (Å²) in [6, 6.07) is 8.67. The highest BCUT2D eigenvalue weighted by atomic mass is 35.5. The van der Waals surface area contributed by atoms with E-state index in [1.54, 1.807) is 6.20 Å². The first-order chi connectivity index (χ1) is 17.0. The van der Waals surface area contributed by atoms with Crippen molar-refractivity contribution in [2.24, 2.45) is 0 Å². The molecule has 0 saturated carbocycles. The third-order valence-corrected chi connectivity index (χ3v) is 7.91. The maximum Gasteiger partial charge on any atom is 0.433 e. The molecule has 0 aromatic carbocycles. The number of nitrogens with one attached hydrogen (secondary N) is 1. The molecule has 11 heteroatoms. The quantitative estimate of drug-likeness (QED) is 0.284. The van der Waals surface area contributed by atoms with Gasteiger partial charge in [-0.05, 0) is 52.4 Å². The smallest absolute Gasteiger partial charge is 0.368 e. The number of nitrogens with zero attached hydrogens (tertiary/aromatic N) is 4. The Kier molecular flexibility index (Phi) is 8.84. The van der Waals surface area contributed by atoms with Gasteiger partial charge in [0.1, 0.15) is 11.5 Å². The molecule has 0 atom stereocenters. The number of anilines is 1. The van der Waals surface area contributed by atoms with Crippen LogP contribution in [0, 0.1) is 0 Å². The van der Waals surface area contributed by atoms with Crippen molar-refractivity contribution in [3.8, 4) is 11.1 Å². The second kappa shape index (κ2) is 11.9. The topological polar surface area (TPSA) is 44.3 Å². The van der Waals surface area contributed by atoms with Crippen molar-refractivity contribution in [3.63, 3.8) is 0 Å². The minimum absolute atomic E-state index is 0. The summed E-state index contributed by atoms with van der Waals surface area (Å²) in [7, 11) is 0. The van der Waals surface area contributed by atoms with Crippen molar-refractivity contribution >= 4 is 51.8 Å². The zero-order valence-corrected chi connectivity index (χ0v) is 21.9. The highest BCUT2D eigenvalue weighted by molar-refractivity contribution is 7.09. The summed E-state index contributed by atoms with van der Waals surface area (Å²) >= 11 is 3.30. The maximum absolute atomic E-state index is 13.3. The number of fused-ring (bicyclic) bond motifs is 1. The van der Waals surface area contributed by atoms with Crippen LogP contribution in [0.5, 0.6) is 0 Å². The predicted molar refractivity (Wildman–Crippen MR) is 144 cm³/mol. The monoisotopic (exact) mass is 553 g/mol. The van der Waals surface area contributed by atoms with Crippen molar-refractivity contribution < 1.29 is 13.2 Å². The molecule has 1 aliphatic rings. The molecule has 0 radical (unpaired) electrons. The van der Waals surface area contributed by atoms with E-state index < -0.39 is 11.9 Å². The average molecular weight is 554 g/mol. The van der Waals surface area contributed by atoms with Gasteiger partial charge in [-0.1, -0.05) is 6.07 Å². The van der Waals surface area contributed by atoms with Crippen LogP contribution >= 0.6 is 35.1 Å². The van der Waals surface area contributed by atoms with Gasteiger partial charge >= 0.3 is 6.18 Å². The van der Waals surface area contributed by atoms with Crippen molar-refractivity contribution in [2.45, 2.75) is 12.6 Å². The highest BCUT2D eigenvalue weighted by Crippen LogP contribution is 2.35. The number of rotatable bonds is 8. The molecule has 5 rings (SSSR count). The van der Waals surface area contributed by atoms with E-state index in [2.05, 4.69) is 42.6 Å². The van der Waals surface area contributed by atoms with Gasteiger partial charge in [0, 0.05) is 67.8 Å². The lowest BCUT2D eigenvalue weighted by Gasteiger charge is -2.34. The van der Waals surface area contributed by atoms with Gasteiger partial charge in [-0.25, -0.2) is 9.97 Å². The summed E-state index contributed by atoms with van der Waals surface area (Å²) in [5.74, 6) is 0.565. The minimum atomic E-state index is -4.50. The van der Waals surface area contributed by atoms with Gasteiger partial charge in [-0.15, -0.1) is 23.7 Å². The Morgan fingerprint density at radius 3 is 2.42 bits per heavy atom. The van der Waals surface area contributed by atoms with Crippen molar-refractivity contribution in [1.29, 1.82) is 0 Å². The molecule has 5 nitrogen and oxygen atoms in total. The van der Waals surface area contributed by atoms with Crippen LogP contribution in [0.1, 0.15) is 10.6 Å². The van der Waals surface area contributed by atoms with Gasteiger partial charge in [0.25, 0.3) is 0 Å². The van der Waals surface area contributed by atoms with E-state index in [9.17, 15) is 13.2 Å². The van der Waals surface area contributed by atoms with Crippen molar-refractivity contribution in [3.05, 3.63) is 63.2 Å². The Morgan fingerprint density at radius 2 is 1.75 bits per heavy atom. The van der Waals surface area contributed by atoms with Crippen LogP contribution in [0.4, 0.5) is 19.0 Å². The fourth-order valence-corrected chi connectivity index (χ4v) is 5.69. The Hall–Kier alpha value is -2.24. The highest BCUT2D eigenvalue weighted by Gasteiger charge is 2.33. The van der Waals surface area contributed by atoms with E-state index in [4.69, 9.17) is 0 Å². The van der Waals surface area contributed by atoms with Gasteiger partial charge in [0.2, 0.25) is 0 Å². The maximum atomic E-state index is 13.3. The lowest BCUT2D eigenvalue weighted by molar-refractivity contribution is -0.140. The Morgan fingerprint density at radius 1 is 0.972 bits per heavy atom. The molecule has 0 amide bonds. The number of aromatic nitrogens is 2. The molecule has 1 aliphatic heterocycles. The third kappa shape index (κ3) is 6.36. The lowest BCUT2D eigenvalue weighted by atomic mass is 10.1. The summed E-state index contributed by atoms with van der Waals surface area (Å²) in [5, 5.41) is 9.84. The van der Waals surface area contributed by atoms with Crippen LogP contribution < -0.4 is 5.32 Å². The number of halogens is 4. The van der Waals surface area contributed by atoms with Gasteiger partial charge in [0.15, 0.2) is 0 Å². The van der Waals surface area contributed by atoms with Crippen LogP contribution in [0.3, 0.4) is 0 Å². The fourth-order valence-electron chi connectivity index (χ4n) is 4.34. The van der Waals surface area contributed by atoms with E-state index in [0.717, 1.165) is 57.3 Å². The first kappa shape index (κ1) is 26.8. The molecule has 192 valence electrons. The zero-order chi connectivity index (χ0) is 24.3. The molecular weight excluding hydrogens is 527 g/mol. The molecule has 0 unspecified atom stereocenters. The van der Waals surface area contributed by atoms with E-state index in [-0.39, 0.29) is 12.4 Å². The third-order valence-electron chi connectivity index (χ3n) is 6.29. The molecule has 1 N–H and O–H groups in total. The van der Waals surface area contributed by atoms with Crippen LogP contribution in [-0.4, -0.2) is 65.6 Å². The Bertz CT molecular complexity index is 1240. The normalized spacial score (nSPS) is 15.2. The second-order valence-electron chi connectivity index (χ2n) is 8.56. The SMILES string of the molecule is Cl.FC(F)(F)c1ccc2c(NCCN3CCN(CCc4cccs4)CC3)ncc(-c3ccsc3)c2n1. The number of pyridine rings is 2. The molecule has 0 aliphatic carbocycles. The molecule has 4 aromatic rings. The fraction of sp³-hybridized carbons (Fsp3) is 0.360. The molecular formula is C25H27ClF3N5S2. The van der Waals surface area contributed by atoms with Crippen molar-refractivity contribution in [1.82, 2.24) is 19.8 Å². The van der Waals surface area contributed by atoms with Gasteiger partial charge < -0.3 is 10.2 Å². The van der Waals surface area contributed by atoms with Crippen LogP contribution in [0.15, 0.2) is 52.7 Å². The van der Waals surface area contributed by atoms with Gasteiger partial charge in [-0.2, -0.15) is 24.5 Å². The van der Waals surface area contributed by atoms with E-state index >= 15 is 0 Å². The first-order valence-electron chi connectivity index (χ1n) is 11.6. The summed E-state index contributed by atoms with van der Waals surface area (Å²) in [5.41, 5.74) is 0.852. The van der Waals surface area contributed by atoms with Crippen LogP contribution in [-0.2, 0) is 12.6 Å². The van der Waals surface area contributed by atoms with Gasteiger partial charge in [-0.3, -0.25) is 4.90 Å². The molecule has 0 bridgehead atoms. The molecule has 1 saturated heterocycles. The minimum Gasteiger partial charge on any atom is -0.368 e. The number of hydrogen-bond acceptors (Lipinski definition) is 7. The summed E-state index contributed by atoms with van der Waals surface area (Å²) < 4.78 is 40.0. The van der Waals surface area contributed by atoms with E-state index in [0.29, 0.717) is 28.8 Å². The number of hydrogen-bond donors (Lipinski definition) is 1. The number of piperazine rings is 1. The van der Waals surface area contributed by atoms with Crippen LogP contribution in [0.2, 0.25) is 0 Å². The second-order valence-corrected chi connectivity index (χ2v) is 10.4.